The van der Waals surface area contributed by atoms with Crippen LogP contribution in [0.2, 0.25) is 5.15 Å². The van der Waals surface area contributed by atoms with E-state index in [-0.39, 0.29) is 29.3 Å². The number of nitrogens with one attached hydrogen (secondary N) is 1. The fraction of sp³-hybridized carbons (Fsp3) is 0.391. The van der Waals surface area contributed by atoms with Crippen LogP contribution in [0.3, 0.4) is 0 Å². The molecule has 18 nitrogen and oxygen atoms in total. The molecule has 356 valence electrons. The molecule has 2 aromatic carbocycles. The molecule has 6 aromatic rings. The second-order valence-corrected chi connectivity index (χ2v) is 20.4. The van der Waals surface area contributed by atoms with Gasteiger partial charge in [0.2, 0.25) is 11.8 Å². The highest BCUT2D eigenvalue weighted by atomic mass is 35.5. The zero-order valence-electron chi connectivity index (χ0n) is 37.7. The van der Waals surface area contributed by atoms with Crippen molar-refractivity contribution in [1.29, 1.82) is 0 Å². The Morgan fingerprint density at radius 3 is 1.28 bits per heavy atom. The van der Waals surface area contributed by atoms with E-state index in [0.717, 1.165) is 81.0 Å². The highest BCUT2D eigenvalue weighted by molar-refractivity contribution is 7.91. The second kappa shape index (κ2) is 24.0. The molecule has 2 aliphatic rings. The number of ether oxygens (including phenoxy) is 4. The van der Waals surface area contributed by atoms with Crippen molar-refractivity contribution in [3.05, 3.63) is 114 Å². The molecule has 2 saturated carbocycles. The molecule has 4 aromatic heterocycles. The van der Waals surface area contributed by atoms with Gasteiger partial charge in [-0.2, -0.15) is 0 Å². The number of sulfone groups is 2. The first kappa shape index (κ1) is 50.2. The van der Waals surface area contributed by atoms with Gasteiger partial charge in [0.05, 0.1) is 9.79 Å². The van der Waals surface area contributed by atoms with E-state index in [1.54, 1.807) is 73.1 Å². The van der Waals surface area contributed by atoms with Gasteiger partial charge >= 0.3 is 12.0 Å². The van der Waals surface area contributed by atoms with Crippen molar-refractivity contribution >= 4 is 48.5 Å². The topological polar surface area (TPSA) is 246 Å². The van der Waals surface area contributed by atoms with E-state index < -0.39 is 19.7 Å². The molecular formula is C46H55ClN10O8S2. The summed E-state index contributed by atoms with van der Waals surface area (Å²) >= 11 is 5.71. The molecule has 0 atom stereocenters. The van der Waals surface area contributed by atoms with Crippen LogP contribution in [0.1, 0.15) is 76.3 Å². The van der Waals surface area contributed by atoms with E-state index in [1.807, 2.05) is 12.4 Å². The van der Waals surface area contributed by atoms with Crippen LogP contribution in [0, 0.1) is 0 Å². The Hall–Kier alpha value is -6.25. The Morgan fingerprint density at radius 2 is 0.925 bits per heavy atom. The maximum Gasteiger partial charge on any atom is 0.316 e. The molecule has 0 unspecified atom stereocenters. The Kier molecular flexibility index (Phi) is 18.0. The number of rotatable bonds is 14. The van der Waals surface area contributed by atoms with Gasteiger partial charge in [-0.1, -0.05) is 25.4 Å². The number of aryl methyl sites for hydroxylation is 2. The average molecular weight is 976 g/mol. The summed E-state index contributed by atoms with van der Waals surface area (Å²) in [5.41, 5.74) is 8.86. The van der Waals surface area contributed by atoms with Gasteiger partial charge in [-0.05, 0) is 136 Å². The van der Waals surface area contributed by atoms with Crippen LogP contribution in [0.5, 0.6) is 23.8 Å². The van der Waals surface area contributed by atoms with Gasteiger partial charge in [0.15, 0.2) is 30.6 Å². The van der Waals surface area contributed by atoms with Gasteiger partial charge in [-0.25, -0.2) is 36.8 Å². The number of aromatic nitrogens is 8. The van der Waals surface area contributed by atoms with Crippen molar-refractivity contribution < 1.29 is 35.8 Å². The minimum absolute atomic E-state index is 0.0601. The predicted molar refractivity (Wildman–Crippen MR) is 253 cm³/mol. The fourth-order valence-electron chi connectivity index (χ4n) is 6.81. The van der Waals surface area contributed by atoms with Gasteiger partial charge < -0.3 is 30.0 Å². The van der Waals surface area contributed by atoms with Gasteiger partial charge in [0.25, 0.3) is 0 Å². The molecule has 2 aliphatic carbocycles. The van der Waals surface area contributed by atoms with E-state index in [1.165, 1.54) is 24.6 Å². The van der Waals surface area contributed by atoms with Crippen LogP contribution in [0.4, 0.5) is 17.2 Å². The third-order valence-corrected chi connectivity index (χ3v) is 13.1. The van der Waals surface area contributed by atoms with E-state index in [9.17, 15) is 16.8 Å². The highest BCUT2D eigenvalue weighted by Gasteiger charge is 2.26. The van der Waals surface area contributed by atoms with Gasteiger partial charge in [-0.3, -0.25) is 0 Å². The summed E-state index contributed by atoms with van der Waals surface area (Å²) in [6, 6.07) is 20.4. The SMILES string of the molecule is CCc1cnc(OC2CCC(Oc3ccc(Cl)nn3)CC2)nc1.CCc1cnc(OC2CCC(Oc3ccc(Nc4ccc(S(C)(=O)=O)cc4)nn3)CC2)nc1.CS(=O)(=O)c1ccc(N)cc1. The lowest BCUT2D eigenvalue weighted by atomic mass is 9.95. The Bertz CT molecular complexity index is 2660. The number of nitrogens with zero attached hydrogens (tertiary/aromatic N) is 8. The van der Waals surface area contributed by atoms with Crippen molar-refractivity contribution in [2.45, 2.75) is 112 Å². The standard InChI is InChI=1S/C23H27N5O4S.C16H19ClN4O2.C7H9NO2S/c1-3-16-14-24-23(25-15-16)32-19-8-6-18(7-9-19)31-22-13-12-21(27-28-22)26-17-4-10-20(11-5-17)33(2,29)30;1-2-11-9-18-16(19-10-11)23-13-5-3-12(4-6-13)22-15-8-7-14(17)20-21-15;1-11(9,10)7-4-2-6(8)3-5-7/h4-5,10-15,18-19H,3,6-9H2,1-2H3,(H,26,27);7-10,12-13H,2-6H2,1H3;2-5H,8H2,1H3. The maximum absolute atomic E-state index is 11.6. The summed E-state index contributed by atoms with van der Waals surface area (Å²) in [7, 11) is -6.30. The summed E-state index contributed by atoms with van der Waals surface area (Å²) < 4.78 is 68.5. The molecule has 0 amide bonds. The molecular weight excluding hydrogens is 920 g/mol. The van der Waals surface area contributed by atoms with Crippen LogP contribution < -0.4 is 30.0 Å². The molecule has 21 heteroatoms. The van der Waals surface area contributed by atoms with Crippen LogP contribution in [0.15, 0.2) is 107 Å². The van der Waals surface area contributed by atoms with E-state index in [2.05, 4.69) is 59.5 Å². The number of anilines is 3. The van der Waals surface area contributed by atoms with Gasteiger partial charge in [0.1, 0.15) is 24.4 Å². The minimum Gasteiger partial charge on any atom is -0.473 e. The quantitative estimate of drug-likeness (QED) is 0.0994. The smallest absolute Gasteiger partial charge is 0.316 e. The normalized spacial score (nSPS) is 18.2. The van der Waals surface area contributed by atoms with E-state index in [4.69, 9.17) is 36.3 Å². The van der Waals surface area contributed by atoms with Crippen molar-refractivity contribution in [2.24, 2.45) is 0 Å². The Labute approximate surface area is 396 Å². The fourth-order valence-corrected chi connectivity index (χ4v) is 8.17. The Balaban J connectivity index is 0.000000188. The third kappa shape index (κ3) is 16.5. The number of hydrogen-bond donors (Lipinski definition) is 2. The molecule has 0 aliphatic heterocycles. The number of hydrogen-bond acceptors (Lipinski definition) is 18. The largest absolute Gasteiger partial charge is 0.473 e. The number of benzene rings is 2. The highest BCUT2D eigenvalue weighted by Crippen LogP contribution is 2.27. The first-order chi connectivity index (χ1) is 32.1. The van der Waals surface area contributed by atoms with Crippen LogP contribution in [0.25, 0.3) is 0 Å². The average Bonchev–Trinajstić information content (AvgIpc) is 3.32. The van der Waals surface area contributed by atoms with Crippen molar-refractivity contribution in [1.82, 2.24) is 40.3 Å². The van der Waals surface area contributed by atoms with Crippen LogP contribution in [-0.2, 0) is 32.5 Å². The Morgan fingerprint density at radius 1 is 0.537 bits per heavy atom. The zero-order chi connectivity index (χ0) is 47.8. The van der Waals surface area contributed by atoms with Crippen LogP contribution >= 0.6 is 11.6 Å². The second-order valence-electron chi connectivity index (χ2n) is 15.9. The lowest BCUT2D eigenvalue weighted by molar-refractivity contribution is 0.0720. The zero-order valence-corrected chi connectivity index (χ0v) is 40.1. The lowest BCUT2D eigenvalue weighted by Crippen LogP contribution is -2.30. The van der Waals surface area contributed by atoms with Gasteiger partial charge in [0, 0.05) is 60.8 Å². The molecule has 0 radical (unpaired) electrons. The van der Waals surface area contributed by atoms with Crippen molar-refractivity contribution in [3.63, 3.8) is 0 Å². The van der Waals surface area contributed by atoms with Crippen LogP contribution in [-0.4, -0.2) is 94.1 Å². The molecule has 0 saturated heterocycles. The minimum atomic E-state index is -3.22. The third-order valence-electron chi connectivity index (χ3n) is 10.7. The molecule has 2 fully saturated rings. The number of nitrogens with two attached hydrogens (primary N) is 1. The predicted octanol–water partition coefficient (Wildman–Crippen LogP) is 7.67. The lowest BCUT2D eigenvalue weighted by Gasteiger charge is -2.28. The monoisotopic (exact) mass is 974 g/mol. The first-order valence-electron chi connectivity index (χ1n) is 21.9. The van der Waals surface area contributed by atoms with Crippen molar-refractivity contribution in [2.75, 3.05) is 23.6 Å². The van der Waals surface area contributed by atoms with E-state index in [0.29, 0.717) is 45.3 Å². The number of halogens is 1. The summed E-state index contributed by atoms with van der Waals surface area (Å²) in [5.74, 6) is 1.52. The molecule has 0 bridgehead atoms. The van der Waals surface area contributed by atoms with Gasteiger partial charge in [-0.15, -0.1) is 20.4 Å². The summed E-state index contributed by atoms with van der Waals surface area (Å²) in [6.07, 6.45) is 18.9. The van der Waals surface area contributed by atoms with Crippen molar-refractivity contribution in [3.8, 4) is 23.8 Å². The summed E-state index contributed by atoms with van der Waals surface area (Å²) in [5, 5.41) is 19.5. The number of nitrogen functional groups attached to an aromatic ring is 1. The molecule has 4 heterocycles. The first-order valence-corrected chi connectivity index (χ1v) is 26.0. The molecule has 8 rings (SSSR count). The summed E-state index contributed by atoms with van der Waals surface area (Å²) in [6.45, 7) is 4.14. The summed E-state index contributed by atoms with van der Waals surface area (Å²) in [4.78, 5) is 17.6. The van der Waals surface area contributed by atoms with E-state index >= 15 is 0 Å². The molecule has 3 N–H and O–H groups in total. The maximum atomic E-state index is 11.6. The molecule has 67 heavy (non-hydrogen) atoms. The molecule has 0 spiro atoms.